The molecule has 0 unspecified atom stereocenters. The van der Waals surface area contributed by atoms with Gasteiger partial charge in [0.25, 0.3) is 0 Å². The fourth-order valence-electron chi connectivity index (χ4n) is 1.40. The molecule has 0 amide bonds. The van der Waals surface area contributed by atoms with Gasteiger partial charge in [-0.25, -0.2) is 13.1 Å². The van der Waals surface area contributed by atoms with Gasteiger partial charge in [0.05, 0.1) is 4.90 Å². The van der Waals surface area contributed by atoms with Gasteiger partial charge in [-0.1, -0.05) is 24.3 Å². The summed E-state index contributed by atoms with van der Waals surface area (Å²) < 4.78 is 26.2. The van der Waals surface area contributed by atoms with Gasteiger partial charge < -0.3 is 0 Å². The standard InChI is InChI=1S/C13H17NO3S/c1-3-4-5-10-14-18(16,17)13-8-6-12(7-9-13)11(2)15/h3-4,6-9,14H,5,10H2,1-2H3/b4-3+. The summed E-state index contributed by atoms with van der Waals surface area (Å²) in [4.78, 5) is 11.3. The molecule has 0 aliphatic carbocycles. The molecule has 0 fully saturated rings. The number of rotatable bonds is 6. The Bertz CT molecular complexity index is 530. The molecule has 4 nitrogen and oxygen atoms in total. The fraction of sp³-hybridized carbons (Fsp3) is 0.308. The average Bonchev–Trinajstić information content (AvgIpc) is 2.35. The van der Waals surface area contributed by atoms with Gasteiger partial charge in [-0.2, -0.15) is 0 Å². The minimum absolute atomic E-state index is 0.0833. The predicted octanol–water partition coefficient (Wildman–Crippen LogP) is 2.13. The highest BCUT2D eigenvalue weighted by Crippen LogP contribution is 2.10. The molecule has 0 bridgehead atoms. The summed E-state index contributed by atoms with van der Waals surface area (Å²) in [5.74, 6) is -0.0833. The number of carbonyl (C=O) groups is 1. The zero-order valence-electron chi connectivity index (χ0n) is 10.5. The molecular weight excluding hydrogens is 250 g/mol. The van der Waals surface area contributed by atoms with Crippen molar-refractivity contribution in [2.75, 3.05) is 6.54 Å². The van der Waals surface area contributed by atoms with E-state index in [4.69, 9.17) is 0 Å². The van der Waals surface area contributed by atoms with Gasteiger partial charge in [0, 0.05) is 12.1 Å². The number of Topliss-reactive ketones (excluding diaryl/α,β-unsaturated/α-hetero) is 1. The highest BCUT2D eigenvalue weighted by Gasteiger charge is 2.12. The SMILES string of the molecule is C/C=C/CCNS(=O)(=O)c1ccc(C(C)=O)cc1. The van der Waals surface area contributed by atoms with Crippen molar-refractivity contribution in [3.63, 3.8) is 0 Å². The quantitative estimate of drug-likeness (QED) is 0.488. The Morgan fingerprint density at radius 3 is 2.39 bits per heavy atom. The Balaban J connectivity index is 2.76. The zero-order chi connectivity index (χ0) is 13.6. The molecule has 0 spiro atoms. The first-order chi connectivity index (χ1) is 8.47. The normalized spacial score (nSPS) is 11.9. The maximum absolute atomic E-state index is 11.9. The maximum atomic E-state index is 11.9. The maximum Gasteiger partial charge on any atom is 0.240 e. The number of nitrogens with one attached hydrogen (secondary N) is 1. The predicted molar refractivity (Wildman–Crippen MR) is 71.1 cm³/mol. The molecule has 1 aromatic carbocycles. The van der Waals surface area contributed by atoms with Crippen molar-refractivity contribution in [2.24, 2.45) is 0 Å². The third kappa shape index (κ3) is 4.09. The molecule has 0 aromatic heterocycles. The molecule has 0 saturated carbocycles. The molecule has 1 rings (SSSR count). The van der Waals surface area contributed by atoms with Crippen molar-refractivity contribution in [1.29, 1.82) is 0 Å². The second kappa shape index (κ2) is 6.47. The molecule has 0 saturated heterocycles. The first-order valence-corrected chi connectivity index (χ1v) is 7.17. The monoisotopic (exact) mass is 267 g/mol. The van der Waals surface area contributed by atoms with Crippen LogP contribution < -0.4 is 4.72 Å². The smallest absolute Gasteiger partial charge is 0.240 e. The molecular formula is C13H17NO3S. The van der Waals surface area contributed by atoms with Gasteiger partial charge in [0.15, 0.2) is 5.78 Å². The van der Waals surface area contributed by atoms with Crippen molar-refractivity contribution >= 4 is 15.8 Å². The molecule has 1 aromatic rings. The Morgan fingerprint density at radius 2 is 1.89 bits per heavy atom. The molecule has 0 radical (unpaired) electrons. The zero-order valence-corrected chi connectivity index (χ0v) is 11.3. The van der Waals surface area contributed by atoms with Crippen LogP contribution in [-0.2, 0) is 10.0 Å². The lowest BCUT2D eigenvalue weighted by atomic mass is 10.2. The first-order valence-electron chi connectivity index (χ1n) is 5.69. The van der Waals surface area contributed by atoms with Crippen LogP contribution in [0.25, 0.3) is 0 Å². The second-order valence-corrected chi connectivity index (χ2v) is 5.60. The van der Waals surface area contributed by atoms with E-state index < -0.39 is 10.0 Å². The molecule has 98 valence electrons. The summed E-state index contributed by atoms with van der Waals surface area (Å²) in [5, 5.41) is 0. The van der Waals surface area contributed by atoms with Crippen LogP contribution in [0, 0.1) is 0 Å². The lowest BCUT2D eigenvalue weighted by Gasteiger charge is -2.05. The van der Waals surface area contributed by atoms with E-state index in [-0.39, 0.29) is 10.7 Å². The summed E-state index contributed by atoms with van der Waals surface area (Å²) in [6, 6.07) is 5.91. The Labute approximate surface area is 108 Å². The average molecular weight is 267 g/mol. The van der Waals surface area contributed by atoms with Crippen molar-refractivity contribution in [1.82, 2.24) is 4.72 Å². The van der Waals surface area contributed by atoms with E-state index in [1.54, 1.807) is 0 Å². The van der Waals surface area contributed by atoms with Crippen molar-refractivity contribution < 1.29 is 13.2 Å². The molecule has 0 aliphatic rings. The van der Waals surface area contributed by atoms with Gasteiger partial charge in [0.2, 0.25) is 10.0 Å². The van der Waals surface area contributed by atoms with Crippen molar-refractivity contribution in [3.05, 3.63) is 42.0 Å². The number of allylic oxidation sites excluding steroid dienone is 1. The molecule has 18 heavy (non-hydrogen) atoms. The second-order valence-electron chi connectivity index (χ2n) is 3.84. The molecule has 5 heteroatoms. The molecule has 0 heterocycles. The number of ketones is 1. The Kier molecular flexibility index (Phi) is 5.25. The van der Waals surface area contributed by atoms with E-state index in [1.807, 2.05) is 19.1 Å². The van der Waals surface area contributed by atoms with Crippen LogP contribution in [0.2, 0.25) is 0 Å². The molecule has 1 N–H and O–H groups in total. The van der Waals surface area contributed by atoms with Crippen LogP contribution in [0.1, 0.15) is 30.6 Å². The van der Waals surface area contributed by atoms with Gasteiger partial charge in [-0.3, -0.25) is 4.79 Å². The molecule has 0 aliphatic heterocycles. The third-order valence-electron chi connectivity index (χ3n) is 2.41. The highest BCUT2D eigenvalue weighted by molar-refractivity contribution is 7.89. The van der Waals surface area contributed by atoms with Crippen molar-refractivity contribution in [2.45, 2.75) is 25.2 Å². The number of hydrogen-bond donors (Lipinski definition) is 1. The minimum atomic E-state index is -3.48. The van der Waals surface area contributed by atoms with Crippen LogP contribution in [0.4, 0.5) is 0 Å². The van der Waals surface area contributed by atoms with Crippen LogP contribution in [0.15, 0.2) is 41.3 Å². The first kappa shape index (κ1) is 14.6. The highest BCUT2D eigenvalue weighted by atomic mass is 32.2. The van der Waals surface area contributed by atoms with Crippen LogP contribution in [0.5, 0.6) is 0 Å². The Morgan fingerprint density at radius 1 is 1.28 bits per heavy atom. The van der Waals surface area contributed by atoms with Gasteiger partial charge in [-0.05, 0) is 32.4 Å². The number of benzene rings is 1. The largest absolute Gasteiger partial charge is 0.295 e. The topological polar surface area (TPSA) is 63.2 Å². The van der Waals surface area contributed by atoms with E-state index in [9.17, 15) is 13.2 Å². The summed E-state index contributed by atoms with van der Waals surface area (Å²) in [5.41, 5.74) is 0.503. The number of carbonyl (C=O) groups excluding carboxylic acids is 1. The van der Waals surface area contributed by atoms with Gasteiger partial charge in [0.1, 0.15) is 0 Å². The van der Waals surface area contributed by atoms with Crippen LogP contribution >= 0.6 is 0 Å². The van der Waals surface area contributed by atoms with E-state index in [0.29, 0.717) is 18.5 Å². The van der Waals surface area contributed by atoms with Gasteiger partial charge in [-0.15, -0.1) is 0 Å². The summed E-state index contributed by atoms with van der Waals surface area (Å²) in [7, 11) is -3.48. The fourth-order valence-corrected chi connectivity index (χ4v) is 2.44. The van der Waals surface area contributed by atoms with Crippen LogP contribution in [-0.4, -0.2) is 20.7 Å². The minimum Gasteiger partial charge on any atom is -0.295 e. The Hall–Kier alpha value is -1.46. The summed E-state index contributed by atoms with van der Waals surface area (Å²) in [6.07, 6.45) is 4.42. The lowest BCUT2D eigenvalue weighted by Crippen LogP contribution is -2.24. The van der Waals surface area contributed by atoms with E-state index in [0.717, 1.165) is 0 Å². The van der Waals surface area contributed by atoms with Crippen LogP contribution in [0.3, 0.4) is 0 Å². The van der Waals surface area contributed by atoms with E-state index in [1.165, 1.54) is 31.2 Å². The summed E-state index contributed by atoms with van der Waals surface area (Å²) in [6.45, 7) is 3.69. The third-order valence-corrected chi connectivity index (χ3v) is 3.89. The lowest BCUT2D eigenvalue weighted by molar-refractivity contribution is 0.101. The number of sulfonamides is 1. The molecule has 0 atom stereocenters. The summed E-state index contributed by atoms with van der Waals surface area (Å²) >= 11 is 0. The van der Waals surface area contributed by atoms with E-state index in [2.05, 4.69) is 4.72 Å². The van der Waals surface area contributed by atoms with Gasteiger partial charge >= 0.3 is 0 Å². The van der Waals surface area contributed by atoms with E-state index >= 15 is 0 Å². The number of hydrogen-bond acceptors (Lipinski definition) is 3. The van der Waals surface area contributed by atoms with Crippen molar-refractivity contribution in [3.8, 4) is 0 Å².